The lowest BCUT2D eigenvalue weighted by Crippen LogP contribution is -2.39. The van der Waals surface area contributed by atoms with Crippen molar-refractivity contribution in [2.24, 2.45) is 5.92 Å². The second-order valence-corrected chi connectivity index (χ2v) is 8.44. The lowest BCUT2D eigenvalue weighted by Gasteiger charge is -2.42. The quantitative estimate of drug-likeness (QED) is 0.672. The van der Waals surface area contributed by atoms with E-state index in [9.17, 15) is 9.90 Å². The Balaban J connectivity index is 1.97. The molecule has 28 heavy (non-hydrogen) atoms. The van der Waals surface area contributed by atoms with Gasteiger partial charge in [-0.2, -0.15) is 11.3 Å². The molecule has 1 aromatic carbocycles. The van der Waals surface area contributed by atoms with Gasteiger partial charge in [-0.1, -0.05) is 48.2 Å². The van der Waals surface area contributed by atoms with Crippen molar-refractivity contribution in [3.63, 3.8) is 0 Å². The first-order chi connectivity index (χ1) is 13.4. The number of hydrogen-bond donors (Lipinski definition) is 1. The van der Waals surface area contributed by atoms with Gasteiger partial charge in [0.05, 0.1) is 6.04 Å². The number of carboxylic acids is 1. The maximum atomic E-state index is 11.3. The Morgan fingerprint density at radius 1 is 1.36 bits per heavy atom. The molecule has 1 aromatic heterocycles. The highest BCUT2D eigenvalue weighted by molar-refractivity contribution is 7.08. The van der Waals surface area contributed by atoms with Crippen molar-refractivity contribution in [1.82, 2.24) is 4.90 Å². The molecule has 4 heteroatoms. The van der Waals surface area contributed by atoms with Gasteiger partial charge in [0.1, 0.15) is 0 Å². The highest BCUT2D eigenvalue weighted by Gasteiger charge is 2.35. The fourth-order valence-corrected chi connectivity index (χ4v) is 4.57. The van der Waals surface area contributed by atoms with Crippen LogP contribution >= 0.6 is 11.3 Å². The average molecular weight is 394 g/mol. The third-order valence-corrected chi connectivity index (χ3v) is 5.99. The number of thiophene rings is 1. The van der Waals surface area contributed by atoms with Crippen molar-refractivity contribution in [2.75, 3.05) is 6.54 Å². The zero-order chi connectivity index (χ0) is 20.1. The predicted molar refractivity (Wildman–Crippen MR) is 115 cm³/mol. The molecule has 1 fully saturated rings. The molecule has 0 spiro atoms. The SMILES string of the molecule is C=C(C)C#C[C@H](c1ccsc1)N1CC[C@@H](CC(=O)O)C[C@H]1c1ccc(C)cc1. The average Bonchev–Trinajstić information content (AvgIpc) is 3.17. The number of nitrogens with zero attached hydrogens (tertiary/aromatic N) is 1. The molecule has 3 nitrogen and oxygen atoms in total. The fourth-order valence-electron chi connectivity index (χ4n) is 3.89. The molecule has 2 aromatic rings. The second kappa shape index (κ2) is 9.23. The summed E-state index contributed by atoms with van der Waals surface area (Å²) in [6.07, 6.45) is 1.95. The van der Waals surface area contributed by atoms with Crippen LogP contribution in [0.2, 0.25) is 0 Å². The molecule has 0 aliphatic carbocycles. The molecule has 1 aliphatic rings. The minimum Gasteiger partial charge on any atom is -0.481 e. The Hall–Kier alpha value is -2.35. The van der Waals surface area contributed by atoms with Crippen molar-refractivity contribution >= 4 is 17.3 Å². The van der Waals surface area contributed by atoms with Crippen molar-refractivity contribution in [3.05, 3.63) is 69.9 Å². The highest BCUT2D eigenvalue weighted by Crippen LogP contribution is 2.41. The Labute approximate surface area is 171 Å². The van der Waals surface area contributed by atoms with E-state index >= 15 is 0 Å². The van der Waals surface area contributed by atoms with Crippen molar-refractivity contribution in [3.8, 4) is 11.8 Å². The van der Waals surface area contributed by atoms with Crippen LogP contribution in [-0.2, 0) is 4.79 Å². The lowest BCUT2D eigenvalue weighted by molar-refractivity contribution is -0.138. The number of carboxylic acid groups (broad SMARTS) is 1. The number of benzene rings is 1. The lowest BCUT2D eigenvalue weighted by atomic mass is 9.83. The number of likely N-dealkylation sites (tertiary alicyclic amines) is 1. The van der Waals surface area contributed by atoms with E-state index in [1.807, 2.05) is 6.92 Å². The van der Waals surface area contributed by atoms with Crippen LogP contribution in [0.5, 0.6) is 0 Å². The molecule has 1 aliphatic heterocycles. The fraction of sp³-hybridized carbons (Fsp3) is 0.375. The number of rotatable bonds is 5. The summed E-state index contributed by atoms with van der Waals surface area (Å²) in [6.45, 7) is 8.78. The maximum Gasteiger partial charge on any atom is 0.303 e. The molecule has 0 amide bonds. The van der Waals surface area contributed by atoms with E-state index in [0.717, 1.165) is 25.0 Å². The minimum absolute atomic E-state index is 0.0139. The first-order valence-electron chi connectivity index (χ1n) is 9.67. The predicted octanol–water partition coefficient (Wildman–Crippen LogP) is 5.61. The Morgan fingerprint density at radius 2 is 2.11 bits per heavy atom. The zero-order valence-corrected chi connectivity index (χ0v) is 17.3. The van der Waals surface area contributed by atoms with E-state index in [1.165, 1.54) is 16.7 Å². The number of carbonyl (C=O) groups is 1. The van der Waals surface area contributed by atoms with E-state index < -0.39 is 5.97 Å². The summed E-state index contributed by atoms with van der Waals surface area (Å²) in [5, 5.41) is 13.5. The van der Waals surface area contributed by atoms with Gasteiger partial charge in [0.25, 0.3) is 0 Å². The largest absolute Gasteiger partial charge is 0.481 e. The smallest absolute Gasteiger partial charge is 0.303 e. The Bertz CT molecular complexity index is 874. The van der Waals surface area contributed by atoms with E-state index in [-0.39, 0.29) is 24.4 Å². The summed E-state index contributed by atoms with van der Waals surface area (Å²) in [7, 11) is 0. The molecule has 1 saturated heterocycles. The second-order valence-electron chi connectivity index (χ2n) is 7.66. The summed E-state index contributed by atoms with van der Waals surface area (Å²) < 4.78 is 0. The summed E-state index contributed by atoms with van der Waals surface area (Å²) in [4.78, 5) is 13.7. The van der Waals surface area contributed by atoms with E-state index in [4.69, 9.17) is 0 Å². The molecule has 1 N–H and O–H groups in total. The standard InChI is InChI=1S/C24H27NO2S/c1-17(2)4-9-22(21-11-13-28-16-21)25-12-10-19(15-24(26)27)14-23(25)20-7-5-18(3)6-8-20/h5-8,11,13,16,19,22-23H,1,10,12,14-15H2,2-3H3,(H,26,27)/t19-,22-,23+/m1/s1. The van der Waals surface area contributed by atoms with Crippen LogP contribution < -0.4 is 0 Å². The van der Waals surface area contributed by atoms with Gasteiger partial charge in [-0.05, 0) is 66.1 Å². The van der Waals surface area contributed by atoms with E-state index in [0.29, 0.717) is 0 Å². The molecule has 0 saturated carbocycles. The maximum absolute atomic E-state index is 11.3. The first-order valence-corrected chi connectivity index (χ1v) is 10.6. The van der Waals surface area contributed by atoms with Gasteiger partial charge < -0.3 is 5.11 Å². The first kappa shape index (κ1) is 20.4. The Kier molecular flexibility index (Phi) is 6.72. The molecule has 0 bridgehead atoms. The third-order valence-electron chi connectivity index (χ3n) is 5.29. The van der Waals surface area contributed by atoms with E-state index in [2.05, 4.69) is 71.3 Å². The molecule has 3 rings (SSSR count). The van der Waals surface area contributed by atoms with Crippen LogP contribution in [0.15, 0.2) is 53.2 Å². The summed E-state index contributed by atoms with van der Waals surface area (Å²) >= 11 is 1.68. The number of allylic oxidation sites excluding steroid dienone is 1. The van der Waals surface area contributed by atoms with Gasteiger partial charge in [-0.3, -0.25) is 9.69 Å². The van der Waals surface area contributed by atoms with Gasteiger partial charge in [0.2, 0.25) is 0 Å². The van der Waals surface area contributed by atoms with Crippen molar-refractivity contribution < 1.29 is 9.90 Å². The van der Waals surface area contributed by atoms with Gasteiger partial charge >= 0.3 is 5.97 Å². The number of piperidine rings is 1. The topological polar surface area (TPSA) is 40.5 Å². The van der Waals surface area contributed by atoms with Crippen LogP contribution in [0.4, 0.5) is 0 Å². The molecule has 2 heterocycles. The van der Waals surface area contributed by atoms with E-state index in [1.54, 1.807) is 11.3 Å². The minimum atomic E-state index is -0.711. The summed E-state index contributed by atoms with van der Waals surface area (Å²) in [5.74, 6) is 6.09. The van der Waals surface area contributed by atoms with Crippen LogP contribution in [0.25, 0.3) is 0 Å². The molecule has 0 unspecified atom stereocenters. The molecular formula is C24H27NO2S. The van der Waals surface area contributed by atoms with Crippen LogP contribution in [-0.4, -0.2) is 22.5 Å². The summed E-state index contributed by atoms with van der Waals surface area (Å²) in [6, 6.07) is 10.9. The number of aliphatic carboxylic acids is 1. The van der Waals surface area contributed by atoms with Gasteiger partial charge in [-0.25, -0.2) is 0 Å². The van der Waals surface area contributed by atoms with Crippen LogP contribution in [0, 0.1) is 24.7 Å². The van der Waals surface area contributed by atoms with Crippen LogP contribution in [0.3, 0.4) is 0 Å². The Morgan fingerprint density at radius 3 is 2.71 bits per heavy atom. The number of hydrogen-bond acceptors (Lipinski definition) is 3. The third kappa shape index (κ3) is 5.13. The van der Waals surface area contributed by atoms with Gasteiger partial charge in [0.15, 0.2) is 0 Å². The van der Waals surface area contributed by atoms with Gasteiger partial charge in [-0.15, -0.1) is 0 Å². The normalized spacial score (nSPS) is 20.8. The van der Waals surface area contributed by atoms with Crippen molar-refractivity contribution in [2.45, 2.75) is 45.2 Å². The molecule has 3 atom stereocenters. The monoisotopic (exact) mass is 393 g/mol. The zero-order valence-electron chi connectivity index (χ0n) is 16.5. The molecule has 0 radical (unpaired) electrons. The van der Waals surface area contributed by atoms with Crippen molar-refractivity contribution in [1.29, 1.82) is 0 Å². The van der Waals surface area contributed by atoms with Gasteiger partial charge in [0, 0.05) is 19.0 Å². The highest BCUT2D eigenvalue weighted by atomic mass is 32.1. The number of aryl methyl sites for hydroxylation is 1. The molecular weight excluding hydrogens is 366 g/mol. The molecule has 146 valence electrons. The van der Waals surface area contributed by atoms with Crippen LogP contribution in [0.1, 0.15) is 55.0 Å². The summed E-state index contributed by atoms with van der Waals surface area (Å²) in [5.41, 5.74) is 4.52.